The molecule has 0 unspecified atom stereocenters. The smallest absolute Gasteiger partial charge is 0.338 e. The van der Waals surface area contributed by atoms with Crippen LogP contribution in [-0.4, -0.2) is 56.5 Å². The molecule has 0 bridgehead atoms. The SMILES string of the molecule is CO[C@@H]1OC[C@@H](OC(=O)c2ccccc2)[C@H](O)[C@H]1OC. The predicted molar refractivity (Wildman–Crippen MR) is 69.2 cm³/mol. The molecule has 0 radical (unpaired) electrons. The number of ether oxygens (including phenoxy) is 4. The van der Waals surface area contributed by atoms with Crippen LogP contribution in [0.4, 0.5) is 0 Å². The highest BCUT2D eigenvalue weighted by molar-refractivity contribution is 5.89. The van der Waals surface area contributed by atoms with Crippen molar-refractivity contribution in [2.45, 2.75) is 24.6 Å². The first-order chi connectivity index (χ1) is 9.67. The normalized spacial score (nSPS) is 29.9. The standard InChI is InChI=1S/C14H18O6/c1-17-12-11(15)10(8-19-14(12)18-2)20-13(16)9-6-4-3-5-7-9/h3-7,10-12,14-15H,8H2,1-2H3/t10-,11+,12-,14-/m1/s1. The summed E-state index contributed by atoms with van der Waals surface area (Å²) in [7, 11) is 2.89. The fourth-order valence-corrected chi connectivity index (χ4v) is 2.09. The Hall–Kier alpha value is -1.47. The van der Waals surface area contributed by atoms with Crippen LogP contribution in [0.25, 0.3) is 0 Å². The first-order valence-electron chi connectivity index (χ1n) is 6.28. The van der Waals surface area contributed by atoms with Crippen LogP contribution < -0.4 is 0 Å². The molecule has 1 aromatic carbocycles. The van der Waals surface area contributed by atoms with E-state index in [1.54, 1.807) is 30.3 Å². The highest BCUT2D eigenvalue weighted by atomic mass is 16.7. The van der Waals surface area contributed by atoms with Crippen LogP contribution in [0.15, 0.2) is 30.3 Å². The van der Waals surface area contributed by atoms with E-state index in [0.717, 1.165) is 0 Å². The van der Waals surface area contributed by atoms with Gasteiger partial charge in [0.2, 0.25) is 0 Å². The van der Waals surface area contributed by atoms with E-state index in [4.69, 9.17) is 18.9 Å². The molecule has 1 saturated heterocycles. The highest BCUT2D eigenvalue weighted by Gasteiger charge is 2.42. The van der Waals surface area contributed by atoms with Crippen molar-refractivity contribution in [1.82, 2.24) is 0 Å². The summed E-state index contributed by atoms with van der Waals surface area (Å²) in [5, 5.41) is 10.2. The molecule has 6 heteroatoms. The lowest BCUT2D eigenvalue weighted by molar-refractivity contribution is -0.267. The first-order valence-corrected chi connectivity index (χ1v) is 6.28. The van der Waals surface area contributed by atoms with Crippen LogP contribution >= 0.6 is 0 Å². The van der Waals surface area contributed by atoms with Gasteiger partial charge in [-0.1, -0.05) is 18.2 Å². The maximum absolute atomic E-state index is 11.9. The summed E-state index contributed by atoms with van der Waals surface area (Å²) in [6.07, 6.45) is -3.19. The Morgan fingerprint density at radius 1 is 1.25 bits per heavy atom. The predicted octanol–water partition coefficient (Wildman–Crippen LogP) is 0.591. The second kappa shape index (κ2) is 6.81. The lowest BCUT2D eigenvalue weighted by atomic mass is 10.0. The molecule has 1 aromatic rings. The Labute approximate surface area is 117 Å². The molecule has 2 rings (SSSR count). The third-order valence-corrected chi connectivity index (χ3v) is 3.18. The van der Waals surface area contributed by atoms with Crippen molar-refractivity contribution in [2.24, 2.45) is 0 Å². The molecule has 4 atom stereocenters. The summed E-state index contributed by atoms with van der Waals surface area (Å²) < 4.78 is 20.8. The molecule has 0 spiro atoms. The van der Waals surface area contributed by atoms with Crippen molar-refractivity contribution in [3.05, 3.63) is 35.9 Å². The molecule has 1 fully saturated rings. The van der Waals surface area contributed by atoms with E-state index in [0.29, 0.717) is 5.56 Å². The van der Waals surface area contributed by atoms with Crippen molar-refractivity contribution in [3.63, 3.8) is 0 Å². The molecule has 110 valence electrons. The van der Waals surface area contributed by atoms with Gasteiger partial charge in [0.1, 0.15) is 12.2 Å². The third kappa shape index (κ3) is 3.16. The molecule has 1 aliphatic rings. The summed E-state index contributed by atoms with van der Waals surface area (Å²) in [5.41, 5.74) is 0.419. The highest BCUT2D eigenvalue weighted by Crippen LogP contribution is 2.21. The number of carbonyl (C=O) groups excluding carboxylic acids is 1. The molecule has 1 heterocycles. The summed E-state index contributed by atoms with van der Waals surface area (Å²) in [6.45, 7) is 0.0537. The molecule has 0 aromatic heterocycles. The van der Waals surface area contributed by atoms with Crippen LogP contribution in [0, 0.1) is 0 Å². The zero-order valence-electron chi connectivity index (χ0n) is 11.4. The maximum atomic E-state index is 11.9. The Kier molecular flexibility index (Phi) is 5.08. The molecule has 0 aliphatic carbocycles. The first kappa shape index (κ1) is 14.9. The van der Waals surface area contributed by atoms with Crippen molar-refractivity contribution >= 4 is 5.97 Å². The van der Waals surface area contributed by atoms with E-state index in [9.17, 15) is 9.90 Å². The minimum atomic E-state index is -1.01. The van der Waals surface area contributed by atoms with Gasteiger partial charge < -0.3 is 24.1 Å². The third-order valence-electron chi connectivity index (χ3n) is 3.18. The number of methoxy groups -OCH3 is 2. The number of benzene rings is 1. The number of hydrogen-bond acceptors (Lipinski definition) is 6. The monoisotopic (exact) mass is 282 g/mol. The number of hydrogen-bond donors (Lipinski definition) is 1. The van der Waals surface area contributed by atoms with Gasteiger partial charge in [-0.2, -0.15) is 0 Å². The van der Waals surface area contributed by atoms with Gasteiger partial charge in [-0.3, -0.25) is 0 Å². The fourth-order valence-electron chi connectivity index (χ4n) is 2.09. The molecule has 20 heavy (non-hydrogen) atoms. The van der Waals surface area contributed by atoms with Gasteiger partial charge >= 0.3 is 5.97 Å². The Bertz CT molecular complexity index is 435. The van der Waals surface area contributed by atoms with Crippen LogP contribution in [-0.2, 0) is 18.9 Å². The molecular weight excluding hydrogens is 264 g/mol. The van der Waals surface area contributed by atoms with E-state index in [1.807, 2.05) is 0 Å². The Balaban J connectivity index is 2.01. The van der Waals surface area contributed by atoms with Gasteiger partial charge in [0.05, 0.1) is 12.2 Å². The number of rotatable bonds is 4. The van der Waals surface area contributed by atoms with Crippen LogP contribution in [0.5, 0.6) is 0 Å². The van der Waals surface area contributed by atoms with Gasteiger partial charge in [-0.05, 0) is 12.1 Å². The van der Waals surface area contributed by atoms with Crippen molar-refractivity contribution in [2.75, 3.05) is 20.8 Å². The summed E-state index contributed by atoms with van der Waals surface area (Å²) in [6, 6.07) is 8.57. The van der Waals surface area contributed by atoms with Crippen molar-refractivity contribution in [3.8, 4) is 0 Å². The van der Waals surface area contributed by atoms with E-state index < -0.39 is 30.6 Å². The molecular formula is C14H18O6. The lowest BCUT2D eigenvalue weighted by Crippen LogP contribution is -2.55. The number of aliphatic hydroxyl groups excluding tert-OH is 1. The second-order valence-electron chi connectivity index (χ2n) is 4.44. The zero-order chi connectivity index (χ0) is 14.5. The van der Waals surface area contributed by atoms with Crippen LogP contribution in [0.2, 0.25) is 0 Å². The van der Waals surface area contributed by atoms with Gasteiger partial charge in [0, 0.05) is 14.2 Å². The van der Waals surface area contributed by atoms with Crippen molar-refractivity contribution in [1.29, 1.82) is 0 Å². The maximum Gasteiger partial charge on any atom is 0.338 e. The molecule has 1 aliphatic heterocycles. The zero-order valence-corrected chi connectivity index (χ0v) is 11.4. The average Bonchev–Trinajstić information content (AvgIpc) is 2.49. The average molecular weight is 282 g/mol. The van der Waals surface area contributed by atoms with Gasteiger partial charge in [-0.25, -0.2) is 4.79 Å². The van der Waals surface area contributed by atoms with Crippen molar-refractivity contribution < 1.29 is 28.8 Å². The van der Waals surface area contributed by atoms with Gasteiger partial charge in [-0.15, -0.1) is 0 Å². The Morgan fingerprint density at radius 3 is 2.55 bits per heavy atom. The van der Waals surface area contributed by atoms with Crippen LogP contribution in [0.1, 0.15) is 10.4 Å². The minimum absolute atomic E-state index is 0.0537. The number of esters is 1. The van der Waals surface area contributed by atoms with E-state index >= 15 is 0 Å². The summed E-state index contributed by atoms with van der Waals surface area (Å²) in [5.74, 6) is -0.510. The van der Waals surface area contributed by atoms with Crippen LogP contribution in [0.3, 0.4) is 0 Å². The summed E-state index contributed by atoms with van der Waals surface area (Å²) in [4.78, 5) is 11.9. The topological polar surface area (TPSA) is 74.2 Å². The quantitative estimate of drug-likeness (QED) is 0.815. The molecule has 0 saturated carbocycles. The second-order valence-corrected chi connectivity index (χ2v) is 4.44. The summed E-state index contributed by atoms with van der Waals surface area (Å²) >= 11 is 0. The van der Waals surface area contributed by atoms with E-state index in [1.165, 1.54) is 14.2 Å². The minimum Gasteiger partial charge on any atom is -0.453 e. The fraction of sp³-hybridized carbons (Fsp3) is 0.500. The van der Waals surface area contributed by atoms with E-state index in [2.05, 4.69) is 0 Å². The van der Waals surface area contributed by atoms with Gasteiger partial charge in [0.15, 0.2) is 12.4 Å². The largest absolute Gasteiger partial charge is 0.453 e. The number of carbonyl (C=O) groups is 1. The molecule has 1 N–H and O–H groups in total. The van der Waals surface area contributed by atoms with Gasteiger partial charge in [0.25, 0.3) is 0 Å². The Morgan fingerprint density at radius 2 is 1.95 bits per heavy atom. The van der Waals surface area contributed by atoms with E-state index in [-0.39, 0.29) is 6.61 Å². The molecule has 0 amide bonds. The molecule has 6 nitrogen and oxygen atoms in total. The lowest BCUT2D eigenvalue weighted by Gasteiger charge is -2.37. The number of aliphatic hydroxyl groups is 1.